The Morgan fingerprint density at radius 1 is 1.33 bits per heavy atom. The summed E-state index contributed by atoms with van der Waals surface area (Å²) in [7, 11) is 0. The smallest absolute Gasteiger partial charge is 0.00430 e. The molecule has 9 heavy (non-hydrogen) atoms. The molecule has 0 heterocycles. The minimum atomic E-state index is 0.819. The van der Waals surface area contributed by atoms with Crippen molar-refractivity contribution in [3.63, 3.8) is 0 Å². The molecule has 1 fully saturated rings. The van der Waals surface area contributed by atoms with E-state index >= 15 is 0 Å². The maximum atomic E-state index is 5.59. The van der Waals surface area contributed by atoms with Gasteiger partial charge in [-0.3, -0.25) is 0 Å². The Kier molecular flexibility index (Phi) is 1.12. The molecule has 1 saturated carbocycles. The van der Waals surface area contributed by atoms with Crippen molar-refractivity contribution in [2.24, 2.45) is 23.5 Å². The molecule has 2 rings (SSSR count). The van der Waals surface area contributed by atoms with Crippen LogP contribution in [0.25, 0.3) is 0 Å². The van der Waals surface area contributed by atoms with Crippen molar-refractivity contribution in [1.29, 1.82) is 0 Å². The van der Waals surface area contributed by atoms with E-state index in [-0.39, 0.29) is 0 Å². The normalized spacial score (nSPS) is 46.6. The first-order valence-corrected chi connectivity index (χ1v) is 3.78. The van der Waals surface area contributed by atoms with Crippen molar-refractivity contribution in [3.05, 3.63) is 12.2 Å². The van der Waals surface area contributed by atoms with E-state index < -0.39 is 0 Å². The summed E-state index contributed by atoms with van der Waals surface area (Å²) < 4.78 is 0. The van der Waals surface area contributed by atoms with Crippen LogP contribution in [0.2, 0.25) is 0 Å². The molecule has 0 aromatic heterocycles. The van der Waals surface area contributed by atoms with E-state index in [0.717, 1.165) is 24.3 Å². The molecular formula is C8H13N. The van der Waals surface area contributed by atoms with Gasteiger partial charge in [0.1, 0.15) is 0 Å². The predicted molar refractivity (Wildman–Crippen MR) is 37.9 cm³/mol. The highest BCUT2D eigenvalue weighted by Gasteiger charge is 2.34. The molecule has 1 heteroatoms. The second-order valence-electron chi connectivity index (χ2n) is 3.28. The Morgan fingerprint density at radius 2 is 2.22 bits per heavy atom. The quantitative estimate of drug-likeness (QED) is 0.520. The molecule has 1 nitrogen and oxygen atoms in total. The maximum Gasteiger partial charge on any atom is -0.00430 e. The molecule has 0 spiro atoms. The summed E-state index contributed by atoms with van der Waals surface area (Å²) in [4.78, 5) is 0. The van der Waals surface area contributed by atoms with Crippen molar-refractivity contribution in [2.75, 3.05) is 6.54 Å². The molecular weight excluding hydrogens is 110 g/mol. The number of fused-ring (bicyclic) bond motifs is 2. The average Bonchev–Trinajstić information content (AvgIpc) is 2.45. The number of hydrogen-bond acceptors (Lipinski definition) is 1. The van der Waals surface area contributed by atoms with Gasteiger partial charge in [0.15, 0.2) is 0 Å². The molecule has 0 radical (unpaired) electrons. The number of nitrogens with two attached hydrogens (primary N) is 1. The summed E-state index contributed by atoms with van der Waals surface area (Å²) >= 11 is 0. The fraction of sp³-hybridized carbons (Fsp3) is 0.750. The maximum absolute atomic E-state index is 5.59. The van der Waals surface area contributed by atoms with Crippen molar-refractivity contribution in [3.8, 4) is 0 Å². The highest BCUT2D eigenvalue weighted by atomic mass is 14.6. The van der Waals surface area contributed by atoms with Crippen LogP contribution in [-0.4, -0.2) is 6.54 Å². The van der Waals surface area contributed by atoms with Crippen LogP contribution in [0.3, 0.4) is 0 Å². The summed E-state index contributed by atoms with van der Waals surface area (Å²) in [5.41, 5.74) is 5.59. The van der Waals surface area contributed by atoms with Crippen LogP contribution in [0.5, 0.6) is 0 Å². The van der Waals surface area contributed by atoms with Gasteiger partial charge in [-0.25, -0.2) is 0 Å². The largest absolute Gasteiger partial charge is 0.330 e. The van der Waals surface area contributed by atoms with E-state index in [4.69, 9.17) is 5.73 Å². The van der Waals surface area contributed by atoms with Gasteiger partial charge >= 0.3 is 0 Å². The van der Waals surface area contributed by atoms with Crippen LogP contribution < -0.4 is 5.73 Å². The molecule has 2 bridgehead atoms. The second kappa shape index (κ2) is 1.84. The predicted octanol–water partition coefficient (Wildman–Crippen LogP) is 1.16. The zero-order valence-electron chi connectivity index (χ0n) is 5.59. The van der Waals surface area contributed by atoms with E-state index in [9.17, 15) is 0 Å². The summed E-state index contributed by atoms with van der Waals surface area (Å²) in [6.45, 7) is 0.894. The lowest BCUT2D eigenvalue weighted by Crippen LogP contribution is -2.17. The first-order chi connectivity index (χ1) is 4.40. The van der Waals surface area contributed by atoms with Gasteiger partial charge < -0.3 is 5.73 Å². The van der Waals surface area contributed by atoms with Gasteiger partial charge in [0, 0.05) is 0 Å². The standard InChI is InChI=1S/C8H13N/c9-5-8-4-6-1-2-7(8)3-6/h1-2,6-8H,3-5,9H2/t6-,7+,8?/m1/s1. The summed E-state index contributed by atoms with van der Waals surface area (Å²) in [5.74, 6) is 2.56. The molecule has 2 N–H and O–H groups in total. The van der Waals surface area contributed by atoms with Gasteiger partial charge in [0.2, 0.25) is 0 Å². The fourth-order valence-electron chi connectivity index (χ4n) is 2.17. The highest BCUT2D eigenvalue weighted by Crippen LogP contribution is 2.42. The molecule has 0 amide bonds. The van der Waals surface area contributed by atoms with E-state index in [0.29, 0.717) is 0 Å². The number of hydrogen-bond donors (Lipinski definition) is 1. The highest BCUT2D eigenvalue weighted by molar-refractivity contribution is 5.10. The Morgan fingerprint density at radius 3 is 2.56 bits per heavy atom. The van der Waals surface area contributed by atoms with E-state index in [1.807, 2.05) is 0 Å². The third-order valence-electron chi connectivity index (χ3n) is 2.72. The zero-order chi connectivity index (χ0) is 6.27. The molecule has 2 aliphatic rings. The van der Waals surface area contributed by atoms with Crippen molar-refractivity contribution in [1.82, 2.24) is 0 Å². The van der Waals surface area contributed by atoms with Crippen LogP contribution in [0, 0.1) is 17.8 Å². The number of allylic oxidation sites excluding steroid dienone is 2. The fourth-order valence-corrected chi connectivity index (χ4v) is 2.17. The van der Waals surface area contributed by atoms with E-state index in [2.05, 4.69) is 12.2 Å². The Bertz CT molecular complexity index is 140. The number of rotatable bonds is 1. The summed E-state index contributed by atoms with van der Waals surface area (Å²) in [6.07, 6.45) is 7.46. The summed E-state index contributed by atoms with van der Waals surface area (Å²) in [6, 6.07) is 0. The Labute approximate surface area is 55.9 Å². The minimum Gasteiger partial charge on any atom is -0.330 e. The molecule has 0 saturated heterocycles. The van der Waals surface area contributed by atoms with E-state index in [1.165, 1.54) is 12.8 Å². The Hall–Kier alpha value is -0.300. The first kappa shape index (κ1) is 5.48. The Balaban J connectivity index is 2.10. The van der Waals surface area contributed by atoms with Gasteiger partial charge in [0.05, 0.1) is 0 Å². The van der Waals surface area contributed by atoms with Crippen LogP contribution >= 0.6 is 0 Å². The van der Waals surface area contributed by atoms with Gasteiger partial charge in [-0.15, -0.1) is 0 Å². The molecule has 3 atom stereocenters. The molecule has 0 aromatic rings. The SMILES string of the molecule is NCC1C[C@@H]2C=C[C@H]1C2. The summed E-state index contributed by atoms with van der Waals surface area (Å²) in [5, 5.41) is 0. The molecule has 50 valence electrons. The second-order valence-corrected chi connectivity index (χ2v) is 3.28. The van der Waals surface area contributed by atoms with Crippen LogP contribution in [0.4, 0.5) is 0 Å². The van der Waals surface area contributed by atoms with Gasteiger partial charge in [0.25, 0.3) is 0 Å². The third kappa shape index (κ3) is 0.715. The topological polar surface area (TPSA) is 26.0 Å². The third-order valence-corrected chi connectivity index (χ3v) is 2.72. The monoisotopic (exact) mass is 123 g/mol. The van der Waals surface area contributed by atoms with E-state index in [1.54, 1.807) is 0 Å². The van der Waals surface area contributed by atoms with Crippen LogP contribution in [0.15, 0.2) is 12.2 Å². The van der Waals surface area contributed by atoms with Gasteiger partial charge in [-0.05, 0) is 37.1 Å². The lowest BCUT2D eigenvalue weighted by atomic mass is 9.94. The molecule has 1 unspecified atom stereocenters. The van der Waals surface area contributed by atoms with Crippen molar-refractivity contribution >= 4 is 0 Å². The van der Waals surface area contributed by atoms with Crippen LogP contribution in [0.1, 0.15) is 12.8 Å². The average molecular weight is 123 g/mol. The van der Waals surface area contributed by atoms with Crippen molar-refractivity contribution < 1.29 is 0 Å². The molecule has 2 aliphatic carbocycles. The van der Waals surface area contributed by atoms with Crippen LogP contribution in [-0.2, 0) is 0 Å². The first-order valence-electron chi connectivity index (χ1n) is 3.78. The van der Waals surface area contributed by atoms with Gasteiger partial charge in [-0.2, -0.15) is 0 Å². The van der Waals surface area contributed by atoms with Crippen molar-refractivity contribution in [2.45, 2.75) is 12.8 Å². The lowest BCUT2D eigenvalue weighted by molar-refractivity contribution is 0.459. The lowest BCUT2D eigenvalue weighted by Gasteiger charge is -2.14. The van der Waals surface area contributed by atoms with Gasteiger partial charge in [-0.1, -0.05) is 12.2 Å². The molecule has 0 aliphatic heterocycles. The minimum absolute atomic E-state index is 0.819. The molecule has 0 aromatic carbocycles. The zero-order valence-corrected chi connectivity index (χ0v) is 5.59.